The molecule has 0 spiro atoms. The molecule has 0 saturated heterocycles. The Balaban J connectivity index is 2.13. The molecule has 104 valence electrons. The summed E-state index contributed by atoms with van der Waals surface area (Å²) in [7, 11) is 5.91. The highest BCUT2D eigenvalue weighted by atomic mass is 16.5. The maximum Gasteiger partial charge on any atom is 0.311 e. The molecule has 0 saturated carbocycles. The van der Waals surface area contributed by atoms with Crippen LogP contribution in [-0.4, -0.2) is 30.2 Å². The van der Waals surface area contributed by atoms with Gasteiger partial charge in [0, 0.05) is 11.9 Å². The second-order valence-corrected chi connectivity index (χ2v) is 5.50. The molecule has 0 atom stereocenters. The zero-order valence-corrected chi connectivity index (χ0v) is 12.2. The van der Waals surface area contributed by atoms with E-state index in [9.17, 15) is 4.79 Å². The Bertz CT molecular complexity index is 619. The summed E-state index contributed by atoms with van der Waals surface area (Å²) in [5, 5.41) is 5.29. The molecule has 0 aliphatic heterocycles. The van der Waals surface area contributed by atoms with E-state index in [2.05, 4.69) is 5.10 Å². The van der Waals surface area contributed by atoms with Gasteiger partial charge in [-0.2, -0.15) is 5.10 Å². The summed E-state index contributed by atoms with van der Waals surface area (Å²) in [5.41, 5.74) is 1.19. The Morgan fingerprint density at radius 1 is 1.45 bits per heavy atom. The van der Waals surface area contributed by atoms with E-state index in [0.717, 1.165) is 16.4 Å². The average Bonchev–Trinajstić information content (AvgIpc) is 2.81. The number of fused-ring (bicyclic) bond motifs is 1. The molecule has 0 aliphatic carbocycles. The summed E-state index contributed by atoms with van der Waals surface area (Å²) < 4.78 is 6.98. The molecule has 0 amide bonds. The number of hydrogen-bond donors (Lipinski definition) is 0. The van der Waals surface area contributed by atoms with Gasteiger partial charge in [-0.25, -0.2) is 0 Å². The van der Waals surface area contributed by atoms with Gasteiger partial charge in [0.05, 0.1) is 23.7 Å². The number of nitrogens with zero attached hydrogens (tertiary/aromatic N) is 2. The SMILES string of the molecule is [B]c1cccc2c1cnn2CCC(C)(C)C(=O)OCC. The number of aryl methyl sites for hydroxylation is 1. The molecule has 0 aliphatic rings. The molecule has 0 fully saturated rings. The van der Waals surface area contributed by atoms with Crippen molar-refractivity contribution in [1.29, 1.82) is 0 Å². The van der Waals surface area contributed by atoms with Gasteiger partial charge in [-0.3, -0.25) is 9.48 Å². The van der Waals surface area contributed by atoms with Crippen LogP contribution < -0.4 is 5.46 Å². The molecule has 1 aromatic heterocycles. The van der Waals surface area contributed by atoms with Crippen molar-refractivity contribution >= 4 is 30.2 Å². The first-order chi connectivity index (χ1) is 9.45. The summed E-state index contributed by atoms with van der Waals surface area (Å²) in [6.45, 7) is 6.66. The third kappa shape index (κ3) is 2.87. The lowest BCUT2D eigenvalue weighted by Crippen LogP contribution is -2.28. The lowest BCUT2D eigenvalue weighted by atomic mass is 9.89. The van der Waals surface area contributed by atoms with Gasteiger partial charge >= 0.3 is 5.97 Å². The van der Waals surface area contributed by atoms with E-state index >= 15 is 0 Å². The number of rotatable bonds is 5. The highest BCUT2D eigenvalue weighted by Crippen LogP contribution is 2.24. The molecule has 2 rings (SSSR count). The van der Waals surface area contributed by atoms with Crippen molar-refractivity contribution in [1.82, 2.24) is 9.78 Å². The topological polar surface area (TPSA) is 44.1 Å². The van der Waals surface area contributed by atoms with Crippen LogP contribution in [0.4, 0.5) is 0 Å². The Hall–Kier alpha value is -1.78. The standard InChI is InChI=1S/C15H19BN2O2/c1-4-20-14(19)15(2,3)8-9-18-13-7-5-6-12(16)11(13)10-17-18/h5-7,10H,4,8-9H2,1-3H3. The zero-order chi connectivity index (χ0) is 14.8. The minimum Gasteiger partial charge on any atom is -0.466 e. The fraction of sp³-hybridized carbons (Fsp3) is 0.467. The van der Waals surface area contributed by atoms with Crippen LogP contribution >= 0.6 is 0 Å². The van der Waals surface area contributed by atoms with Crippen molar-refractivity contribution < 1.29 is 9.53 Å². The minimum absolute atomic E-state index is 0.170. The van der Waals surface area contributed by atoms with E-state index in [1.165, 1.54) is 0 Å². The van der Waals surface area contributed by atoms with Crippen molar-refractivity contribution in [3.05, 3.63) is 24.4 Å². The summed E-state index contributed by atoms with van der Waals surface area (Å²) >= 11 is 0. The van der Waals surface area contributed by atoms with Crippen LogP contribution in [0.3, 0.4) is 0 Å². The molecule has 20 heavy (non-hydrogen) atoms. The number of carbonyl (C=O) groups is 1. The van der Waals surface area contributed by atoms with Crippen molar-refractivity contribution in [3.8, 4) is 0 Å². The van der Waals surface area contributed by atoms with Crippen molar-refractivity contribution in [3.63, 3.8) is 0 Å². The second-order valence-electron chi connectivity index (χ2n) is 5.50. The van der Waals surface area contributed by atoms with E-state index in [4.69, 9.17) is 12.6 Å². The summed E-state index contributed by atoms with van der Waals surface area (Å²) in [5.74, 6) is -0.170. The van der Waals surface area contributed by atoms with Gasteiger partial charge in [0.2, 0.25) is 0 Å². The van der Waals surface area contributed by atoms with Gasteiger partial charge in [-0.15, -0.1) is 0 Å². The zero-order valence-electron chi connectivity index (χ0n) is 12.2. The molecule has 2 aromatic rings. The molecule has 1 heterocycles. The third-order valence-electron chi connectivity index (χ3n) is 3.50. The molecule has 0 bridgehead atoms. The number of benzene rings is 1. The fourth-order valence-electron chi connectivity index (χ4n) is 2.12. The van der Waals surface area contributed by atoms with Crippen LogP contribution in [0, 0.1) is 5.41 Å². The number of aromatic nitrogens is 2. The highest BCUT2D eigenvalue weighted by molar-refractivity contribution is 6.38. The molecule has 4 nitrogen and oxygen atoms in total. The van der Waals surface area contributed by atoms with Crippen molar-refractivity contribution in [2.45, 2.75) is 33.7 Å². The predicted octanol–water partition coefficient (Wildman–Crippen LogP) is 1.81. The quantitative estimate of drug-likeness (QED) is 0.614. The van der Waals surface area contributed by atoms with Crippen LogP contribution in [0.25, 0.3) is 10.9 Å². The Morgan fingerprint density at radius 2 is 2.20 bits per heavy atom. The van der Waals surface area contributed by atoms with Gasteiger partial charge < -0.3 is 4.74 Å². The largest absolute Gasteiger partial charge is 0.466 e. The Kier molecular flexibility index (Phi) is 4.16. The monoisotopic (exact) mass is 270 g/mol. The van der Waals surface area contributed by atoms with Gasteiger partial charge in [0.15, 0.2) is 0 Å². The van der Waals surface area contributed by atoms with E-state index in [0.29, 0.717) is 19.6 Å². The first-order valence-electron chi connectivity index (χ1n) is 6.83. The normalized spacial score (nSPS) is 11.8. The number of hydrogen-bond acceptors (Lipinski definition) is 3. The summed E-state index contributed by atoms with van der Waals surface area (Å²) in [6, 6.07) is 5.75. The lowest BCUT2D eigenvalue weighted by Gasteiger charge is -2.22. The number of esters is 1. The maximum atomic E-state index is 11.9. The first kappa shape index (κ1) is 14.6. The highest BCUT2D eigenvalue weighted by Gasteiger charge is 2.29. The van der Waals surface area contributed by atoms with E-state index in [-0.39, 0.29) is 5.97 Å². The molecule has 0 N–H and O–H groups in total. The average molecular weight is 270 g/mol. The molecule has 1 aromatic carbocycles. The maximum absolute atomic E-state index is 11.9. The Labute approximate surface area is 120 Å². The summed E-state index contributed by atoms with van der Waals surface area (Å²) in [6.07, 6.45) is 2.43. The molecule has 2 radical (unpaired) electrons. The second kappa shape index (κ2) is 5.69. The van der Waals surface area contributed by atoms with Crippen LogP contribution in [0.15, 0.2) is 24.4 Å². The third-order valence-corrected chi connectivity index (χ3v) is 3.50. The van der Waals surface area contributed by atoms with Gasteiger partial charge in [0.1, 0.15) is 7.85 Å². The van der Waals surface area contributed by atoms with E-state index in [1.54, 1.807) is 6.20 Å². The van der Waals surface area contributed by atoms with E-state index in [1.807, 2.05) is 43.7 Å². The van der Waals surface area contributed by atoms with Crippen LogP contribution in [-0.2, 0) is 16.1 Å². The van der Waals surface area contributed by atoms with Crippen molar-refractivity contribution in [2.24, 2.45) is 5.41 Å². The smallest absolute Gasteiger partial charge is 0.311 e. The first-order valence-corrected chi connectivity index (χ1v) is 6.83. The molecule has 0 unspecified atom stereocenters. The van der Waals surface area contributed by atoms with E-state index < -0.39 is 5.41 Å². The summed E-state index contributed by atoms with van der Waals surface area (Å²) in [4.78, 5) is 11.9. The fourth-order valence-corrected chi connectivity index (χ4v) is 2.12. The van der Waals surface area contributed by atoms with Gasteiger partial charge in [0.25, 0.3) is 0 Å². The van der Waals surface area contributed by atoms with Crippen molar-refractivity contribution in [2.75, 3.05) is 6.61 Å². The molecule has 5 heteroatoms. The van der Waals surface area contributed by atoms with Crippen LogP contribution in [0.2, 0.25) is 0 Å². The number of carbonyl (C=O) groups excluding carboxylic acids is 1. The van der Waals surface area contributed by atoms with Crippen LogP contribution in [0.1, 0.15) is 27.2 Å². The minimum atomic E-state index is -0.519. The lowest BCUT2D eigenvalue weighted by molar-refractivity contribution is -0.153. The van der Waals surface area contributed by atoms with Crippen LogP contribution in [0.5, 0.6) is 0 Å². The van der Waals surface area contributed by atoms with Gasteiger partial charge in [-0.1, -0.05) is 17.6 Å². The molecular weight excluding hydrogens is 251 g/mol. The van der Waals surface area contributed by atoms with Gasteiger partial charge in [-0.05, 0) is 33.3 Å². The number of ether oxygens (including phenoxy) is 1. The Morgan fingerprint density at radius 3 is 2.90 bits per heavy atom. The predicted molar refractivity (Wildman–Crippen MR) is 80.2 cm³/mol. The molecular formula is C15H19BN2O2.